The van der Waals surface area contributed by atoms with Crippen molar-refractivity contribution in [3.63, 3.8) is 0 Å². The zero-order chi connectivity index (χ0) is 6.73. The molecule has 0 aromatic heterocycles. The molecule has 2 nitrogen and oxygen atoms in total. The van der Waals surface area contributed by atoms with Gasteiger partial charge in [0.25, 0.3) is 0 Å². The molecule has 2 atom stereocenters. The number of carboxylic acids is 1. The fourth-order valence-corrected chi connectivity index (χ4v) is 0.423. The molecule has 0 aliphatic carbocycles. The zero-order valence-corrected chi connectivity index (χ0v) is 5.85. The molecule has 48 valence electrons. The Labute approximate surface area is 54.8 Å². The van der Waals surface area contributed by atoms with E-state index >= 15 is 0 Å². The summed E-state index contributed by atoms with van der Waals surface area (Å²) >= 11 is 2.78. The molecule has 0 saturated heterocycles. The molecule has 0 saturated carbocycles. The first-order valence-corrected chi connectivity index (χ1v) is 2.98. The molecule has 0 amide bonds. The van der Waals surface area contributed by atoms with Crippen LogP contribution >= 0.6 is 15.9 Å². The highest BCUT2D eigenvalue weighted by atomic mass is 79.9. The maximum Gasteiger partial charge on any atom is 0.339 e. The fourth-order valence-electron chi connectivity index (χ4n) is 0.196. The first-order valence-electron chi connectivity index (χ1n) is 2.06. The molecular formula is C4H6BrFO2. The van der Waals surface area contributed by atoms with Crippen LogP contribution in [0.2, 0.25) is 0 Å². The van der Waals surface area contributed by atoms with Gasteiger partial charge in [-0.3, -0.25) is 0 Å². The molecule has 0 radical (unpaired) electrons. The Kier molecular flexibility index (Phi) is 2.97. The highest BCUT2D eigenvalue weighted by Gasteiger charge is 2.20. The van der Waals surface area contributed by atoms with Crippen molar-refractivity contribution in [2.24, 2.45) is 0 Å². The number of hydrogen-bond donors (Lipinski definition) is 1. The van der Waals surface area contributed by atoms with Crippen molar-refractivity contribution in [2.75, 3.05) is 0 Å². The summed E-state index contributed by atoms with van der Waals surface area (Å²) in [5, 5.41) is 7.95. The predicted molar refractivity (Wildman–Crippen MR) is 30.9 cm³/mol. The summed E-state index contributed by atoms with van der Waals surface area (Å²) in [6, 6.07) is 0. The lowest BCUT2D eigenvalue weighted by Crippen LogP contribution is -2.22. The Bertz CT molecular complexity index is 94.0. The lowest BCUT2D eigenvalue weighted by Gasteiger charge is -2.01. The van der Waals surface area contributed by atoms with Crippen LogP contribution in [-0.2, 0) is 4.79 Å². The topological polar surface area (TPSA) is 37.3 Å². The minimum absolute atomic E-state index is 0.611. The van der Waals surface area contributed by atoms with Gasteiger partial charge >= 0.3 is 5.97 Å². The second-order valence-electron chi connectivity index (χ2n) is 1.42. The SMILES string of the molecule is CC(Br)C(F)C(=O)O. The lowest BCUT2D eigenvalue weighted by atomic mass is 10.3. The third-order valence-corrected chi connectivity index (χ3v) is 1.10. The predicted octanol–water partition coefficient (Wildman–Crippen LogP) is 1.19. The van der Waals surface area contributed by atoms with Crippen LogP contribution in [0.4, 0.5) is 4.39 Å². The summed E-state index contributed by atoms with van der Waals surface area (Å²) in [4.78, 5) is 9.12. The van der Waals surface area contributed by atoms with Gasteiger partial charge in [-0.2, -0.15) is 0 Å². The lowest BCUT2D eigenvalue weighted by molar-refractivity contribution is -0.142. The van der Waals surface area contributed by atoms with Crippen LogP contribution in [0.15, 0.2) is 0 Å². The van der Waals surface area contributed by atoms with Gasteiger partial charge in [0, 0.05) is 0 Å². The average Bonchev–Trinajstić information content (AvgIpc) is 1.64. The fraction of sp³-hybridized carbons (Fsp3) is 0.750. The van der Waals surface area contributed by atoms with Crippen molar-refractivity contribution < 1.29 is 14.3 Å². The van der Waals surface area contributed by atoms with Crippen LogP contribution in [0.5, 0.6) is 0 Å². The standard InChI is InChI=1S/C4H6BrFO2/c1-2(5)3(6)4(7)8/h2-3H,1H3,(H,7,8). The van der Waals surface area contributed by atoms with Crippen molar-refractivity contribution in [1.29, 1.82) is 0 Å². The summed E-state index contributed by atoms with van der Waals surface area (Å²) in [6.07, 6.45) is -1.80. The quantitative estimate of drug-likeness (QED) is 0.656. The van der Waals surface area contributed by atoms with E-state index in [0.717, 1.165) is 0 Å². The van der Waals surface area contributed by atoms with Crippen LogP contribution in [0.1, 0.15) is 6.92 Å². The Balaban J connectivity index is 3.64. The molecule has 0 fully saturated rings. The first kappa shape index (κ1) is 7.88. The van der Waals surface area contributed by atoms with Gasteiger partial charge < -0.3 is 5.11 Å². The third kappa shape index (κ3) is 2.26. The Morgan fingerprint density at radius 2 is 2.25 bits per heavy atom. The van der Waals surface area contributed by atoms with E-state index < -0.39 is 17.0 Å². The third-order valence-electron chi connectivity index (χ3n) is 0.639. The van der Waals surface area contributed by atoms with Gasteiger partial charge in [-0.1, -0.05) is 15.9 Å². The van der Waals surface area contributed by atoms with Gasteiger partial charge in [-0.25, -0.2) is 9.18 Å². The number of carboxylic acid groups (broad SMARTS) is 1. The molecule has 0 bridgehead atoms. The smallest absolute Gasteiger partial charge is 0.339 e. The summed E-state index contributed by atoms with van der Waals surface area (Å²) in [5.41, 5.74) is 0. The highest BCUT2D eigenvalue weighted by Crippen LogP contribution is 2.07. The number of hydrogen-bond acceptors (Lipinski definition) is 1. The van der Waals surface area contributed by atoms with E-state index in [4.69, 9.17) is 5.11 Å². The van der Waals surface area contributed by atoms with E-state index in [1.54, 1.807) is 0 Å². The molecule has 0 aliphatic heterocycles. The van der Waals surface area contributed by atoms with Gasteiger partial charge in [-0.05, 0) is 6.92 Å². The van der Waals surface area contributed by atoms with E-state index in [-0.39, 0.29) is 0 Å². The number of rotatable bonds is 2. The van der Waals surface area contributed by atoms with Crippen LogP contribution in [0.3, 0.4) is 0 Å². The Morgan fingerprint density at radius 1 is 1.88 bits per heavy atom. The maximum atomic E-state index is 12.0. The molecule has 4 heteroatoms. The molecule has 2 unspecified atom stereocenters. The molecule has 0 spiro atoms. The van der Waals surface area contributed by atoms with Crippen LogP contribution in [0, 0.1) is 0 Å². The van der Waals surface area contributed by atoms with Gasteiger partial charge in [0.05, 0.1) is 4.83 Å². The molecule has 0 heterocycles. The van der Waals surface area contributed by atoms with Gasteiger partial charge in [0.15, 0.2) is 0 Å². The van der Waals surface area contributed by atoms with Crippen LogP contribution in [0.25, 0.3) is 0 Å². The molecule has 1 N–H and O–H groups in total. The number of halogens is 2. The molecule has 0 aromatic rings. The van der Waals surface area contributed by atoms with Crippen LogP contribution in [-0.4, -0.2) is 22.1 Å². The van der Waals surface area contributed by atoms with Crippen molar-refractivity contribution in [2.45, 2.75) is 17.9 Å². The number of alkyl halides is 2. The molecule has 0 aromatic carbocycles. The summed E-state index contributed by atoms with van der Waals surface area (Å²) in [5.74, 6) is -1.42. The van der Waals surface area contributed by atoms with E-state index in [1.165, 1.54) is 6.92 Å². The second-order valence-corrected chi connectivity index (χ2v) is 2.86. The first-order chi connectivity index (χ1) is 3.55. The van der Waals surface area contributed by atoms with Crippen molar-refractivity contribution in [3.8, 4) is 0 Å². The number of carbonyl (C=O) groups is 1. The van der Waals surface area contributed by atoms with Crippen LogP contribution < -0.4 is 0 Å². The minimum atomic E-state index is -1.80. The largest absolute Gasteiger partial charge is 0.479 e. The molecule has 0 aliphatic rings. The van der Waals surface area contributed by atoms with Gasteiger partial charge in [0.1, 0.15) is 0 Å². The average molecular weight is 185 g/mol. The molecular weight excluding hydrogens is 179 g/mol. The molecule has 8 heavy (non-hydrogen) atoms. The normalized spacial score (nSPS) is 17.4. The van der Waals surface area contributed by atoms with Gasteiger partial charge in [0.2, 0.25) is 6.17 Å². The second kappa shape index (κ2) is 3.02. The van der Waals surface area contributed by atoms with Crippen molar-refractivity contribution >= 4 is 21.9 Å². The zero-order valence-electron chi connectivity index (χ0n) is 4.27. The number of aliphatic carboxylic acids is 1. The van der Waals surface area contributed by atoms with E-state index in [9.17, 15) is 9.18 Å². The van der Waals surface area contributed by atoms with E-state index in [0.29, 0.717) is 0 Å². The van der Waals surface area contributed by atoms with E-state index in [2.05, 4.69) is 15.9 Å². The van der Waals surface area contributed by atoms with E-state index in [1.807, 2.05) is 0 Å². The Hall–Kier alpha value is -0.120. The Morgan fingerprint density at radius 3 is 2.25 bits per heavy atom. The summed E-state index contributed by atoms with van der Waals surface area (Å²) in [7, 11) is 0. The van der Waals surface area contributed by atoms with Gasteiger partial charge in [-0.15, -0.1) is 0 Å². The van der Waals surface area contributed by atoms with Crippen molar-refractivity contribution in [3.05, 3.63) is 0 Å². The highest BCUT2D eigenvalue weighted by molar-refractivity contribution is 9.09. The summed E-state index contributed by atoms with van der Waals surface area (Å²) < 4.78 is 12.0. The van der Waals surface area contributed by atoms with Crippen molar-refractivity contribution in [1.82, 2.24) is 0 Å². The molecule has 0 rings (SSSR count). The maximum absolute atomic E-state index is 12.0. The minimum Gasteiger partial charge on any atom is -0.479 e. The monoisotopic (exact) mass is 184 g/mol. The summed E-state index contributed by atoms with van der Waals surface area (Å²) in [6.45, 7) is 1.44.